The number of ketones is 1. The van der Waals surface area contributed by atoms with E-state index in [0.29, 0.717) is 12.8 Å². The van der Waals surface area contributed by atoms with Gasteiger partial charge in [-0.3, -0.25) is 4.79 Å². The highest BCUT2D eigenvalue weighted by Crippen LogP contribution is 2.34. The van der Waals surface area contributed by atoms with Crippen molar-refractivity contribution in [3.8, 4) is 0 Å². The van der Waals surface area contributed by atoms with E-state index in [2.05, 4.69) is 0 Å². The second-order valence-electron chi connectivity index (χ2n) is 5.26. The molecule has 0 N–H and O–H groups in total. The molecule has 0 spiro atoms. The van der Waals surface area contributed by atoms with Gasteiger partial charge in [0.1, 0.15) is 5.78 Å². The molecule has 0 aromatic heterocycles. The molecule has 1 aromatic rings. The van der Waals surface area contributed by atoms with E-state index in [1.807, 2.05) is 0 Å². The zero-order chi connectivity index (χ0) is 14.0. The third-order valence-corrected chi connectivity index (χ3v) is 3.88. The number of hydrogen-bond donors (Lipinski definition) is 0. The SMILES string of the molecule is CC(c1ccc(CC2CCCC2=O)cc1)C(F)(F)F. The molecule has 0 amide bonds. The van der Waals surface area contributed by atoms with Gasteiger partial charge in [0.2, 0.25) is 0 Å². The second kappa shape index (κ2) is 5.35. The van der Waals surface area contributed by atoms with Crippen LogP contribution in [-0.4, -0.2) is 12.0 Å². The first-order chi connectivity index (χ1) is 8.88. The number of benzene rings is 1. The topological polar surface area (TPSA) is 17.1 Å². The summed E-state index contributed by atoms with van der Waals surface area (Å²) >= 11 is 0. The maximum Gasteiger partial charge on any atom is 0.395 e. The van der Waals surface area contributed by atoms with E-state index in [0.717, 1.165) is 25.3 Å². The smallest absolute Gasteiger partial charge is 0.299 e. The summed E-state index contributed by atoms with van der Waals surface area (Å²) in [7, 11) is 0. The van der Waals surface area contributed by atoms with Crippen LogP contribution in [0.2, 0.25) is 0 Å². The van der Waals surface area contributed by atoms with Crippen LogP contribution in [0.1, 0.15) is 43.2 Å². The average Bonchev–Trinajstić information content (AvgIpc) is 2.74. The summed E-state index contributed by atoms with van der Waals surface area (Å²) in [6, 6.07) is 6.46. The Balaban J connectivity index is 2.04. The molecule has 1 aromatic carbocycles. The fourth-order valence-electron chi connectivity index (χ4n) is 2.52. The summed E-state index contributed by atoms with van der Waals surface area (Å²) < 4.78 is 37.7. The Morgan fingerprint density at radius 2 is 1.89 bits per heavy atom. The minimum atomic E-state index is -4.21. The third kappa shape index (κ3) is 3.37. The van der Waals surface area contributed by atoms with Crippen LogP contribution in [0.5, 0.6) is 0 Å². The van der Waals surface area contributed by atoms with Crippen molar-refractivity contribution in [2.45, 2.75) is 44.7 Å². The fraction of sp³-hybridized carbons (Fsp3) is 0.533. The second-order valence-corrected chi connectivity index (χ2v) is 5.26. The van der Waals surface area contributed by atoms with E-state index < -0.39 is 12.1 Å². The monoisotopic (exact) mass is 270 g/mol. The summed E-state index contributed by atoms with van der Waals surface area (Å²) in [5.41, 5.74) is 1.22. The standard InChI is InChI=1S/C15H17F3O/c1-10(15(16,17)18)12-7-5-11(6-8-12)9-13-3-2-4-14(13)19/h5-8,10,13H,2-4,9H2,1H3. The largest absolute Gasteiger partial charge is 0.395 e. The molecule has 0 aliphatic heterocycles. The normalized spacial score (nSPS) is 21.7. The number of Topliss-reactive ketones (excluding diaryl/α,β-unsaturated/α-hetero) is 1. The van der Waals surface area contributed by atoms with E-state index >= 15 is 0 Å². The zero-order valence-corrected chi connectivity index (χ0v) is 10.8. The Kier molecular flexibility index (Phi) is 3.97. The molecule has 2 rings (SSSR count). The van der Waals surface area contributed by atoms with Gasteiger partial charge in [-0.05, 0) is 37.3 Å². The summed E-state index contributed by atoms with van der Waals surface area (Å²) in [5, 5.41) is 0. The molecule has 19 heavy (non-hydrogen) atoms. The lowest BCUT2D eigenvalue weighted by Gasteiger charge is -2.16. The van der Waals surface area contributed by atoms with Gasteiger partial charge >= 0.3 is 6.18 Å². The number of carbonyl (C=O) groups is 1. The average molecular weight is 270 g/mol. The lowest BCUT2D eigenvalue weighted by atomic mass is 9.94. The van der Waals surface area contributed by atoms with E-state index in [4.69, 9.17) is 0 Å². The van der Waals surface area contributed by atoms with E-state index in [1.54, 1.807) is 12.1 Å². The predicted molar refractivity (Wildman–Crippen MR) is 67.0 cm³/mol. The lowest BCUT2D eigenvalue weighted by molar-refractivity contribution is -0.146. The Morgan fingerprint density at radius 3 is 2.37 bits per heavy atom. The quantitative estimate of drug-likeness (QED) is 0.802. The Hall–Kier alpha value is -1.32. The van der Waals surface area contributed by atoms with Crippen molar-refractivity contribution in [2.75, 3.05) is 0 Å². The maximum atomic E-state index is 12.6. The Bertz CT molecular complexity index is 447. The van der Waals surface area contributed by atoms with Crippen LogP contribution >= 0.6 is 0 Å². The molecular formula is C15H17F3O. The van der Waals surface area contributed by atoms with Crippen molar-refractivity contribution >= 4 is 5.78 Å². The minimum absolute atomic E-state index is 0.0610. The number of halogens is 3. The number of hydrogen-bond acceptors (Lipinski definition) is 1. The van der Waals surface area contributed by atoms with Crippen LogP contribution in [-0.2, 0) is 11.2 Å². The van der Waals surface area contributed by atoms with Crippen molar-refractivity contribution < 1.29 is 18.0 Å². The van der Waals surface area contributed by atoms with Gasteiger partial charge in [0.05, 0.1) is 5.92 Å². The van der Waals surface area contributed by atoms with Gasteiger partial charge in [0, 0.05) is 12.3 Å². The summed E-state index contributed by atoms with van der Waals surface area (Å²) in [5.74, 6) is -1.10. The van der Waals surface area contributed by atoms with Crippen LogP contribution in [0, 0.1) is 5.92 Å². The number of carbonyl (C=O) groups excluding carboxylic acids is 1. The molecule has 0 bridgehead atoms. The highest BCUT2D eigenvalue weighted by Gasteiger charge is 2.36. The van der Waals surface area contributed by atoms with E-state index in [9.17, 15) is 18.0 Å². The molecule has 4 heteroatoms. The molecule has 1 aliphatic rings. The van der Waals surface area contributed by atoms with Crippen LogP contribution < -0.4 is 0 Å². The molecule has 0 heterocycles. The van der Waals surface area contributed by atoms with Crippen molar-refractivity contribution in [3.63, 3.8) is 0 Å². The Labute approximate surface area is 110 Å². The molecule has 2 unspecified atom stereocenters. The predicted octanol–water partition coefficient (Wildman–Crippen LogP) is 4.26. The van der Waals surface area contributed by atoms with Gasteiger partial charge in [-0.2, -0.15) is 13.2 Å². The van der Waals surface area contributed by atoms with Crippen LogP contribution in [0.25, 0.3) is 0 Å². The van der Waals surface area contributed by atoms with Crippen molar-refractivity contribution in [3.05, 3.63) is 35.4 Å². The molecule has 1 fully saturated rings. The number of alkyl halides is 3. The van der Waals surface area contributed by atoms with Crippen LogP contribution in [0.4, 0.5) is 13.2 Å². The fourth-order valence-corrected chi connectivity index (χ4v) is 2.52. The molecule has 0 radical (unpaired) electrons. The van der Waals surface area contributed by atoms with Crippen LogP contribution in [0.3, 0.4) is 0 Å². The lowest BCUT2D eigenvalue weighted by Crippen LogP contribution is -2.17. The minimum Gasteiger partial charge on any atom is -0.299 e. The van der Waals surface area contributed by atoms with E-state index in [-0.39, 0.29) is 17.3 Å². The Morgan fingerprint density at radius 1 is 1.26 bits per heavy atom. The zero-order valence-electron chi connectivity index (χ0n) is 10.8. The first kappa shape index (κ1) is 14.1. The van der Waals surface area contributed by atoms with Gasteiger partial charge in [0.15, 0.2) is 0 Å². The van der Waals surface area contributed by atoms with Gasteiger partial charge in [-0.1, -0.05) is 24.3 Å². The van der Waals surface area contributed by atoms with Crippen LogP contribution in [0.15, 0.2) is 24.3 Å². The summed E-state index contributed by atoms with van der Waals surface area (Å²) in [6.07, 6.45) is -1.07. The summed E-state index contributed by atoms with van der Waals surface area (Å²) in [4.78, 5) is 11.5. The molecular weight excluding hydrogens is 253 g/mol. The van der Waals surface area contributed by atoms with Crippen molar-refractivity contribution in [1.29, 1.82) is 0 Å². The molecule has 104 valence electrons. The molecule has 1 nitrogen and oxygen atoms in total. The number of rotatable bonds is 3. The highest BCUT2D eigenvalue weighted by atomic mass is 19.4. The molecule has 1 aliphatic carbocycles. The first-order valence-corrected chi connectivity index (χ1v) is 6.56. The summed E-state index contributed by atoms with van der Waals surface area (Å²) in [6.45, 7) is 1.16. The third-order valence-electron chi connectivity index (χ3n) is 3.88. The highest BCUT2D eigenvalue weighted by molar-refractivity contribution is 5.83. The maximum absolute atomic E-state index is 12.6. The first-order valence-electron chi connectivity index (χ1n) is 6.56. The molecule has 1 saturated carbocycles. The van der Waals surface area contributed by atoms with Gasteiger partial charge < -0.3 is 0 Å². The van der Waals surface area contributed by atoms with E-state index in [1.165, 1.54) is 12.1 Å². The molecule has 0 saturated heterocycles. The van der Waals surface area contributed by atoms with Crippen molar-refractivity contribution in [1.82, 2.24) is 0 Å². The van der Waals surface area contributed by atoms with Gasteiger partial charge in [0.25, 0.3) is 0 Å². The molecule has 2 atom stereocenters. The van der Waals surface area contributed by atoms with Gasteiger partial charge in [-0.25, -0.2) is 0 Å². The van der Waals surface area contributed by atoms with Gasteiger partial charge in [-0.15, -0.1) is 0 Å². The van der Waals surface area contributed by atoms with Crippen molar-refractivity contribution in [2.24, 2.45) is 5.92 Å².